The summed E-state index contributed by atoms with van der Waals surface area (Å²) < 4.78 is 34.0. The zero-order chi connectivity index (χ0) is 38.7. The van der Waals surface area contributed by atoms with E-state index in [1.165, 1.54) is 20.8 Å². The first-order valence-electron chi connectivity index (χ1n) is 17.0. The van der Waals surface area contributed by atoms with Gasteiger partial charge in [-0.3, -0.25) is 29.1 Å². The van der Waals surface area contributed by atoms with Gasteiger partial charge in [-0.15, -0.1) is 5.10 Å². The van der Waals surface area contributed by atoms with Gasteiger partial charge in [0.1, 0.15) is 18.2 Å². The number of hydrogen-bond donors (Lipinski definition) is 3. The van der Waals surface area contributed by atoms with E-state index >= 15 is 0 Å². The number of amides is 1. The minimum Gasteiger partial charge on any atom is -0.480 e. The van der Waals surface area contributed by atoms with Gasteiger partial charge in [0.05, 0.1) is 0 Å². The molecule has 2 aromatic rings. The van der Waals surface area contributed by atoms with Crippen molar-refractivity contribution in [2.45, 2.75) is 130 Å². The number of unbranched alkanes of at least 4 members (excludes halogenated alkanes) is 1. The van der Waals surface area contributed by atoms with Crippen LogP contribution in [0.5, 0.6) is 5.88 Å². The largest absolute Gasteiger partial charge is 0.480 e. The molecule has 2 heterocycles. The lowest BCUT2D eigenvalue weighted by molar-refractivity contribution is -0.289. The summed E-state index contributed by atoms with van der Waals surface area (Å²) in [6.45, 7) is 11.0. The summed E-state index contributed by atoms with van der Waals surface area (Å²) in [7, 11) is 0. The zero-order valence-electron chi connectivity index (χ0n) is 30.8. The molecule has 1 aliphatic rings. The van der Waals surface area contributed by atoms with E-state index in [2.05, 4.69) is 15.5 Å². The van der Waals surface area contributed by atoms with Gasteiger partial charge < -0.3 is 38.8 Å². The fraction of sp³-hybridized carbons (Fsp3) is 0.583. The van der Waals surface area contributed by atoms with Crippen LogP contribution in [0, 0.1) is 0 Å². The molecule has 0 saturated carbocycles. The molecule has 1 saturated heterocycles. The molecule has 0 spiro atoms. The third-order valence-corrected chi connectivity index (χ3v) is 8.12. The summed E-state index contributed by atoms with van der Waals surface area (Å²) in [4.78, 5) is 71.7. The number of esters is 4. The Hall–Kier alpha value is -4.99. The number of carbonyl (C=O) groups excluding carboxylic acids is 5. The molecule has 0 bridgehead atoms. The van der Waals surface area contributed by atoms with Crippen molar-refractivity contribution in [1.29, 1.82) is 0 Å². The number of rotatable bonds is 17. The molecule has 1 aliphatic heterocycles. The highest BCUT2D eigenvalue weighted by Crippen LogP contribution is 2.34. The fourth-order valence-corrected chi connectivity index (χ4v) is 5.61. The maximum atomic E-state index is 12.3. The second-order valence-electron chi connectivity index (χ2n) is 13.4. The van der Waals surface area contributed by atoms with Crippen molar-refractivity contribution in [2.24, 2.45) is 0 Å². The summed E-state index contributed by atoms with van der Waals surface area (Å²) >= 11 is 0. The molecule has 0 aliphatic carbocycles. The highest BCUT2D eigenvalue weighted by atomic mass is 16.7. The van der Waals surface area contributed by atoms with Crippen LogP contribution >= 0.6 is 0 Å². The molecule has 16 heteroatoms. The highest BCUT2D eigenvalue weighted by molar-refractivity contribution is 5.86. The molecule has 5 atom stereocenters. The van der Waals surface area contributed by atoms with Crippen molar-refractivity contribution in [3.8, 4) is 5.88 Å². The molecule has 286 valence electrons. The SMILES string of the molecule is CC(=O)OC[C@H]1O[C@@H](Oc2n[nH]c(C(C)C)c2Cc2ccc(CCCCC(=O)NC(C)(C)C(=O)O)cc2)[C@H](OC(C)=O)[C@@H](OC(C)=O)[C@H]1OC(C)=O. The topological polar surface area (TPSA) is 219 Å². The molecular weight excluding hydrogens is 682 g/mol. The van der Waals surface area contributed by atoms with Gasteiger partial charge in [0.25, 0.3) is 0 Å². The number of aryl methyl sites for hydroxylation is 1. The van der Waals surface area contributed by atoms with Crippen LogP contribution in [0.25, 0.3) is 0 Å². The number of carboxylic acids is 1. The van der Waals surface area contributed by atoms with Crippen LogP contribution in [0.15, 0.2) is 24.3 Å². The van der Waals surface area contributed by atoms with Crippen LogP contribution in [0.3, 0.4) is 0 Å². The average molecular weight is 732 g/mol. The quantitative estimate of drug-likeness (QED) is 0.121. The Morgan fingerprint density at radius 2 is 1.44 bits per heavy atom. The number of aliphatic carboxylic acids is 1. The Kier molecular flexibility index (Phi) is 14.7. The second-order valence-corrected chi connectivity index (χ2v) is 13.4. The van der Waals surface area contributed by atoms with Crippen molar-refractivity contribution in [1.82, 2.24) is 15.5 Å². The first-order chi connectivity index (χ1) is 24.4. The van der Waals surface area contributed by atoms with Crippen LogP contribution in [0.2, 0.25) is 0 Å². The highest BCUT2D eigenvalue weighted by Gasteiger charge is 2.53. The normalized spacial score (nSPS) is 20.1. The van der Waals surface area contributed by atoms with Crippen LogP contribution < -0.4 is 10.1 Å². The van der Waals surface area contributed by atoms with Crippen molar-refractivity contribution in [3.05, 3.63) is 46.6 Å². The lowest BCUT2D eigenvalue weighted by Crippen LogP contribution is -2.63. The van der Waals surface area contributed by atoms with Crippen LogP contribution in [-0.2, 0) is 65.3 Å². The van der Waals surface area contributed by atoms with Crippen molar-refractivity contribution >= 4 is 35.8 Å². The Morgan fingerprint density at radius 1 is 0.865 bits per heavy atom. The Balaban J connectivity index is 1.82. The van der Waals surface area contributed by atoms with E-state index in [0.717, 1.165) is 50.4 Å². The summed E-state index contributed by atoms with van der Waals surface area (Å²) in [6.07, 6.45) is -4.12. The van der Waals surface area contributed by atoms with Gasteiger partial charge in [-0.1, -0.05) is 38.1 Å². The lowest BCUT2D eigenvalue weighted by atomic mass is 9.97. The zero-order valence-corrected chi connectivity index (χ0v) is 30.8. The lowest BCUT2D eigenvalue weighted by Gasteiger charge is -2.43. The monoisotopic (exact) mass is 731 g/mol. The third-order valence-electron chi connectivity index (χ3n) is 8.12. The predicted octanol–water partition coefficient (Wildman–Crippen LogP) is 3.28. The molecule has 0 unspecified atom stereocenters. The van der Waals surface area contributed by atoms with E-state index in [0.29, 0.717) is 18.4 Å². The van der Waals surface area contributed by atoms with Gasteiger partial charge in [0.15, 0.2) is 12.2 Å². The number of ether oxygens (including phenoxy) is 6. The molecule has 1 aromatic carbocycles. The Labute approximate surface area is 302 Å². The summed E-state index contributed by atoms with van der Waals surface area (Å²) in [6, 6.07) is 7.90. The number of aromatic nitrogens is 2. The van der Waals surface area contributed by atoms with Gasteiger partial charge in [0.2, 0.25) is 24.2 Å². The van der Waals surface area contributed by atoms with E-state index in [1.807, 2.05) is 38.1 Å². The molecule has 3 rings (SSSR count). The first-order valence-corrected chi connectivity index (χ1v) is 17.0. The number of carbonyl (C=O) groups is 6. The van der Waals surface area contributed by atoms with Crippen LogP contribution in [-0.4, -0.2) is 93.9 Å². The summed E-state index contributed by atoms with van der Waals surface area (Å²) in [5.74, 6) is -4.20. The summed E-state index contributed by atoms with van der Waals surface area (Å²) in [5, 5.41) is 19.1. The van der Waals surface area contributed by atoms with E-state index in [4.69, 9.17) is 28.4 Å². The Morgan fingerprint density at radius 3 is 2.00 bits per heavy atom. The molecule has 16 nitrogen and oxygen atoms in total. The van der Waals surface area contributed by atoms with Crippen molar-refractivity contribution in [2.75, 3.05) is 6.61 Å². The number of nitrogens with one attached hydrogen (secondary N) is 2. The smallest absolute Gasteiger partial charge is 0.328 e. The van der Waals surface area contributed by atoms with Crippen LogP contribution in [0.4, 0.5) is 0 Å². The van der Waals surface area contributed by atoms with E-state index < -0.39 is 72.7 Å². The van der Waals surface area contributed by atoms with Gasteiger partial charge >= 0.3 is 29.8 Å². The van der Waals surface area contributed by atoms with E-state index in [-0.39, 0.29) is 24.1 Å². The van der Waals surface area contributed by atoms with E-state index in [1.54, 1.807) is 0 Å². The molecule has 1 aromatic heterocycles. The molecule has 3 N–H and O–H groups in total. The number of nitrogens with zero attached hydrogens (tertiary/aromatic N) is 1. The summed E-state index contributed by atoms with van der Waals surface area (Å²) in [5.41, 5.74) is 2.11. The van der Waals surface area contributed by atoms with Gasteiger partial charge in [-0.2, -0.15) is 0 Å². The van der Waals surface area contributed by atoms with Crippen molar-refractivity contribution < 1.29 is 62.3 Å². The molecule has 1 fully saturated rings. The fourth-order valence-electron chi connectivity index (χ4n) is 5.61. The number of benzene rings is 1. The second kappa shape index (κ2) is 18.5. The molecular formula is C36H49N3O13. The number of aromatic amines is 1. The standard InChI is InChI=1S/C36H49N3O13/c1-19(2)29-26(17-25-15-13-24(14-16-25)11-9-10-12-28(44)37-36(7,8)35(45)46)33(39-38-29)52-34-32(50-23(6)43)31(49-22(5)42)30(48-21(4)41)27(51-34)18-47-20(3)40/h13-16,19,27,30-32,34H,9-12,17-18H2,1-8H3,(H,37,44)(H,38,39)(H,45,46)/t27-,30+,31+,32-,34+/m1/s1. The maximum absolute atomic E-state index is 12.3. The third kappa shape index (κ3) is 12.1. The van der Waals surface area contributed by atoms with Crippen molar-refractivity contribution in [3.63, 3.8) is 0 Å². The minimum atomic E-state index is -1.44. The molecule has 0 radical (unpaired) electrons. The van der Waals surface area contributed by atoms with E-state index in [9.17, 15) is 33.9 Å². The maximum Gasteiger partial charge on any atom is 0.328 e. The van der Waals surface area contributed by atoms with Gasteiger partial charge in [-0.25, -0.2) is 4.79 Å². The first kappa shape index (κ1) is 41.4. The Bertz CT molecular complexity index is 1580. The molecule has 1 amide bonds. The number of carboxylic acid groups (broad SMARTS) is 1. The van der Waals surface area contributed by atoms with Gasteiger partial charge in [0, 0.05) is 51.8 Å². The van der Waals surface area contributed by atoms with Crippen LogP contribution in [0.1, 0.15) is 103 Å². The number of H-pyrrole nitrogens is 1. The average Bonchev–Trinajstić information content (AvgIpc) is 3.43. The minimum absolute atomic E-state index is 0.00667. The predicted molar refractivity (Wildman–Crippen MR) is 182 cm³/mol. The number of hydrogen-bond acceptors (Lipinski definition) is 13. The van der Waals surface area contributed by atoms with Gasteiger partial charge in [-0.05, 0) is 50.2 Å². The molecule has 52 heavy (non-hydrogen) atoms.